The molecule has 4 heteroatoms. The van der Waals surface area contributed by atoms with Gasteiger partial charge in [0, 0.05) is 34.1 Å². The van der Waals surface area contributed by atoms with Crippen molar-refractivity contribution in [2.45, 2.75) is 6.92 Å². The second-order valence-corrected chi connectivity index (χ2v) is 5.34. The number of benzene rings is 2. The van der Waals surface area contributed by atoms with Crippen molar-refractivity contribution in [3.63, 3.8) is 0 Å². The lowest BCUT2D eigenvalue weighted by Gasteiger charge is -2.22. The Hall–Kier alpha value is -2.88. The number of hydrogen-bond donors (Lipinski definition) is 2. The zero-order valence-electron chi connectivity index (χ0n) is 12.1. The normalized spacial score (nSPS) is 12.3. The van der Waals surface area contributed by atoms with Crippen LogP contribution in [0.25, 0.3) is 22.0 Å². The molecule has 0 atom stereocenters. The van der Waals surface area contributed by atoms with E-state index in [1.807, 2.05) is 43.3 Å². The Morgan fingerprint density at radius 2 is 1.68 bits per heavy atom. The lowest BCUT2D eigenvalue weighted by molar-refractivity contribution is 0.104. The number of anilines is 1. The molecule has 0 fully saturated rings. The minimum absolute atomic E-state index is 0.00296. The van der Waals surface area contributed by atoms with Crippen LogP contribution in [0.3, 0.4) is 0 Å². The standard InChI is InChI=1S/C18H14N2O2/c1-2-19-16-15-10-6-3-4-7-11(10)17(21)12-8-5-9-13(14(12)15)20-18(16)22/h3-9,19H,2H2,1H3,(H,20,22). The van der Waals surface area contributed by atoms with Crippen molar-refractivity contribution in [1.82, 2.24) is 4.98 Å². The average molecular weight is 290 g/mol. The van der Waals surface area contributed by atoms with Gasteiger partial charge in [0.05, 0.1) is 0 Å². The monoisotopic (exact) mass is 290 g/mol. The number of pyridine rings is 1. The van der Waals surface area contributed by atoms with E-state index in [4.69, 9.17) is 0 Å². The zero-order valence-corrected chi connectivity index (χ0v) is 12.1. The summed E-state index contributed by atoms with van der Waals surface area (Å²) in [5, 5.41) is 3.97. The van der Waals surface area contributed by atoms with Gasteiger partial charge in [-0.05, 0) is 18.6 Å². The Bertz CT molecular complexity index is 986. The molecule has 4 nitrogen and oxygen atoms in total. The van der Waals surface area contributed by atoms with Gasteiger partial charge < -0.3 is 10.3 Å². The maximum absolute atomic E-state index is 12.7. The average Bonchev–Trinajstić information content (AvgIpc) is 2.54. The lowest BCUT2D eigenvalue weighted by atomic mass is 9.83. The van der Waals surface area contributed by atoms with Crippen molar-refractivity contribution in [1.29, 1.82) is 0 Å². The zero-order chi connectivity index (χ0) is 15.3. The van der Waals surface area contributed by atoms with E-state index in [1.54, 1.807) is 6.07 Å². The highest BCUT2D eigenvalue weighted by molar-refractivity contribution is 6.26. The molecule has 0 unspecified atom stereocenters. The molecule has 0 aliphatic heterocycles. The summed E-state index contributed by atoms with van der Waals surface area (Å²) < 4.78 is 0. The van der Waals surface area contributed by atoms with Crippen LogP contribution in [-0.2, 0) is 0 Å². The third kappa shape index (κ3) is 1.58. The van der Waals surface area contributed by atoms with Crippen molar-refractivity contribution < 1.29 is 4.79 Å². The molecule has 0 saturated carbocycles. The number of rotatable bonds is 2. The first-order valence-corrected chi connectivity index (χ1v) is 7.29. The number of nitrogens with one attached hydrogen (secondary N) is 2. The van der Waals surface area contributed by atoms with Crippen LogP contribution in [0.5, 0.6) is 0 Å². The van der Waals surface area contributed by atoms with Gasteiger partial charge in [-0.25, -0.2) is 0 Å². The minimum Gasteiger partial charge on any atom is -0.380 e. The van der Waals surface area contributed by atoms with E-state index in [9.17, 15) is 9.59 Å². The number of fused-ring (bicyclic) bond motifs is 2. The molecule has 1 aliphatic rings. The summed E-state index contributed by atoms with van der Waals surface area (Å²) in [5.41, 5.74) is 3.99. The topological polar surface area (TPSA) is 62.0 Å². The van der Waals surface area contributed by atoms with Crippen molar-refractivity contribution in [2.24, 2.45) is 0 Å². The number of hydrogen-bond acceptors (Lipinski definition) is 3. The van der Waals surface area contributed by atoms with Crippen LogP contribution >= 0.6 is 0 Å². The van der Waals surface area contributed by atoms with Crippen LogP contribution in [0, 0.1) is 0 Å². The van der Waals surface area contributed by atoms with E-state index < -0.39 is 0 Å². The van der Waals surface area contributed by atoms with E-state index in [1.165, 1.54) is 0 Å². The molecule has 0 bridgehead atoms. The van der Waals surface area contributed by atoms with Crippen LogP contribution in [0.15, 0.2) is 47.3 Å². The highest BCUT2D eigenvalue weighted by Crippen LogP contribution is 2.41. The number of H-pyrrole nitrogens is 1. The van der Waals surface area contributed by atoms with Crippen molar-refractivity contribution >= 4 is 22.4 Å². The smallest absolute Gasteiger partial charge is 0.272 e. The number of carbonyl (C=O) groups is 1. The molecule has 1 aromatic heterocycles. The molecule has 0 spiro atoms. The predicted molar refractivity (Wildman–Crippen MR) is 87.6 cm³/mol. The molecule has 0 saturated heterocycles. The fourth-order valence-corrected chi connectivity index (χ4v) is 3.20. The summed E-state index contributed by atoms with van der Waals surface area (Å²) in [6, 6.07) is 12.9. The Kier molecular flexibility index (Phi) is 2.66. The van der Waals surface area contributed by atoms with E-state index in [2.05, 4.69) is 10.3 Å². The van der Waals surface area contributed by atoms with Crippen molar-refractivity contribution in [3.8, 4) is 11.1 Å². The maximum atomic E-state index is 12.7. The van der Waals surface area contributed by atoms with Gasteiger partial charge in [-0.15, -0.1) is 0 Å². The summed E-state index contributed by atoms with van der Waals surface area (Å²) in [4.78, 5) is 28.0. The Balaban J connectivity index is 2.27. The van der Waals surface area contributed by atoms with Gasteiger partial charge in [0.2, 0.25) is 0 Å². The van der Waals surface area contributed by atoms with E-state index in [0.717, 1.165) is 16.5 Å². The molecule has 2 N–H and O–H groups in total. The Labute approximate surface area is 126 Å². The van der Waals surface area contributed by atoms with Gasteiger partial charge in [-0.3, -0.25) is 9.59 Å². The molecule has 0 amide bonds. The van der Waals surface area contributed by atoms with Crippen molar-refractivity contribution in [2.75, 3.05) is 11.9 Å². The van der Waals surface area contributed by atoms with Crippen LogP contribution in [-0.4, -0.2) is 17.3 Å². The Morgan fingerprint density at radius 1 is 0.955 bits per heavy atom. The second kappa shape index (κ2) is 4.56. The van der Waals surface area contributed by atoms with Crippen LogP contribution in [0.2, 0.25) is 0 Å². The van der Waals surface area contributed by atoms with Crippen LogP contribution in [0.4, 0.5) is 5.69 Å². The van der Waals surface area contributed by atoms with E-state index >= 15 is 0 Å². The Morgan fingerprint density at radius 3 is 2.45 bits per heavy atom. The summed E-state index contributed by atoms with van der Waals surface area (Å²) >= 11 is 0. The summed E-state index contributed by atoms with van der Waals surface area (Å²) in [6.07, 6.45) is 0. The van der Waals surface area contributed by atoms with Gasteiger partial charge in [0.1, 0.15) is 5.69 Å². The van der Waals surface area contributed by atoms with Crippen LogP contribution < -0.4 is 10.9 Å². The first kappa shape index (κ1) is 12.8. The SMILES string of the molecule is CCNc1c2c3c(cccc3[nH]c1=O)C(=O)c1ccccc1-2. The highest BCUT2D eigenvalue weighted by Gasteiger charge is 2.28. The molecule has 108 valence electrons. The molecular weight excluding hydrogens is 276 g/mol. The number of aromatic amines is 1. The summed E-state index contributed by atoms with van der Waals surface area (Å²) in [7, 11) is 0. The molecule has 2 aromatic carbocycles. The third-order valence-electron chi connectivity index (χ3n) is 4.08. The first-order chi connectivity index (χ1) is 10.7. The van der Waals surface area contributed by atoms with E-state index in [-0.39, 0.29) is 11.3 Å². The van der Waals surface area contributed by atoms with Gasteiger partial charge in [0.15, 0.2) is 5.78 Å². The number of ketones is 1. The largest absolute Gasteiger partial charge is 0.380 e. The van der Waals surface area contributed by atoms with Crippen LogP contribution in [0.1, 0.15) is 22.8 Å². The highest BCUT2D eigenvalue weighted by atomic mass is 16.1. The first-order valence-electron chi connectivity index (χ1n) is 7.29. The third-order valence-corrected chi connectivity index (χ3v) is 4.08. The molecule has 4 rings (SSSR count). The predicted octanol–water partition coefficient (Wildman–Crippen LogP) is 3.17. The molecular formula is C18H14N2O2. The van der Waals surface area contributed by atoms with Gasteiger partial charge in [0.25, 0.3) is 5.56 Å². The fraction of sp³-hybridized carbons (Fsp3) is 0.111. The van der Waals surface area contributed by atoms with Gasteiger partial charge >= 0.3 is 0 Å². The molecule has 22 heavy (non-hydrogen) atoms. The summed E-state index contributed by atoms with van der Waals surface area (Å²) in [5.74, 6) is 0.00296. The van der Waals surface area contributed by atoms with Crippen molar-refractivity contribution in [3.05, 3.63) is 63.9 Å². The molecule has 1 aliphatic carbocycles. The second-order valence-electron chi connectivity index (χ2n) is 5.34. The van der Waals surface area contributed by atoms with Gasteiger partial charge in [-0.2, -0.15) is 0 Å². The van der Waals surface area contributed by atoms with Gasteiger partial charge in [-0.1, -0.05) is 36.4 Å². The van der Waals surface area contributed by atoms with E-state index in [0.29, 0.717) is 28.9 Å². The number of carbonyl (C=O) groups excluding carboxylic acids is 1. The minimum atomic E-state index is -0.161. The summed E-state index contributed by atoms with van der Waals surface area (Å²) in [6.45, 7) is 2.59. The molecule has 3 aromatic rings. The fourth-order valence-electron chi connectivity index (χ4n) is 3.20. The maximum Gasteiger partial charge on any atom is 0.272 e. The number of aromatic nitrogens is 1. The quantitative estimate of drug-likeness (QED) is 0.596. The lowest BCUT2D eigenvalue weighted by Crippen LogP contribution is -2.19. The molecule has 1 heterocycles. The molecule has 0 radical (unpaired) electrons.